The van der Waals surface area contributed by atoms with Gasteiger partial charge in [0.1, 0.15) is 0 Å². The van der Waals surface area contributed by atoms with Crippen molar-refractivity contribution >= 4 is 0 Å². The van der Waals surface area contributed by atoms with Crippen molar-refractivity contribution in [3.8, 4) is 0 Å². The number of benzene rings is 1. The summed E-state index contributed by atoms with van der Waals surface area (Å²) in [6.07, 6.45) is -2.36. The first-order valence-corrected chi connectivity index (χ1v) is 8.87. The first-order chi connectivity index (χ1) is 11.4. The molecular formula is C20H31F3O2. The zero-order valence-corrected chi connectivity index (χ0v) is 16.2. The van der Waals surface area contributed by atoms with Crippen LogP contribution in [0.25, 0.3) is 0 Å². The zero-order chi connectivity index (χ0) is 19.3. The largest absolute Gasteiger partial charge is 0.416 e. The monoisotopic (exact) mass is 360 g/mol. The van der Waals surface area contributed by atoms with Gasteiger partial charge in [0, 0.05) is 5.56 Å². The molecule has 0 fully saturated rings. The van der Waals surface area contributed by atoms with Crippen LogP contribution in [0.15, 0.2) is 24.3 Å². The quantitative estimate of drug-likeness (QED) is 0.453. The molecule has 1 rings (SSSR count). The Morgan fingerprint density at radius 1 is 0.920 bits per heavy atom. The molecule has 0 bridgehead atoms. The molecule has 0 aliphatic carbocycles. The molecule has 1 aromatic carbocycles. The highest BCUT2D eigenvalue weighted by Crippen LogP contribution is 2.33. The zero-order valence-electron chi connectivity index (χ0n) is 16.2. The smallest absolute Gasteiger partial charge is 0.348 e. The molecule has 5 heteroatoms. The third kappa shape index (κ3) is 7.37. The Balaban J connectivity index is 2.90. The second-order valence-electron chi connectivity index (χ2n) is 7.82. The number of rotatable bonds is 9. The summed E-state index contributed by atoms with van der Waals surface area (Å²) < 4.78 is 50.2. The molecule has 144 valence electrons. The lowest BCUT2D eigenvalue weighted by molar-refractivity contribution is -0.208. The molecule has 0 amide bonds. The van der Waals surface area contributed by atoms with Gasteiger partial charge in [0.25, 0.3) is 0 Å². The Bertz CT molecular complexity index is 519. The molecule has 0 spiro atoms. The molecule has 0 saturated carbocycles. The van der Waals surface area contributed by atoms with Crippen LogP contribution in [0.5, 0.6) is 0 Å². The molecule has 0 aliphatic rings. The summed E-state index contributed by atoms with van der Waals surface area (Å²) in [7, 11) is 0. The molecular weight excluding hydrogens is 329 g/mol. The molecule has 1 atom stereocenters. The third-order valence-corrected chi connectivity index (χ3v) is 4.79. The molecule has 1 aromatic rings. The van der Waals surface area contributed by atoms with Crippen LogP contribution in [0.2, 0.25) is 0 Å². The highest BCUT2D eigenvalue weighted by Gasteiger charge is 2.31. The average molecular weight is 360 g/mol. The van der Waals surface area contributed by atoms with E-state index in [9.17, 15) is 13.2 Å². The van der Waals surface area contributed by atoms with Crippen LogP contribution in [0.1, 0.15) is 78.2 Å². The van der Waals surface area contributed by atoms with Crippen molar-refractivity contribution in [3.05, 3.63) is 35.4 Å². The fraction of sp³-hybridized carbons (Fsp3) is 0.700. The topological polar surface area (TPSA) is 18.5 Å². The van der Waals surface area contributed by atoms with E-state index in [0.29, 0.717) is 12.2 Å². The predicted molar refractivity (Wildman–Crippen MR) is 94.3 cm³/mol. The minimum Gasteiger partial charge on any atom is -0.348 e. The van der Waals surface area contributed by atoms with Crippen molar-refractivity contribution in [1.82, 2.24) is 0 Å². The summed E-state index contributed by atoms with van der Waals surface area (Å²) in [6.45, 7) is 12.9. The average Bonchev–Trinajstić information content (AvgIpc) is 2.53. The van der Waals surface area contributed by atoms with Gasteiger partial charge in [-0.2, -0.15) is 13.2 Å². The molecule has 25 heavy (non-hydrogen) atoms. The standard InChI is InChI=1S/C20H31F3O2/c1-7-18(3,4)13-14-24-17(25-19(5,6)8-2)15-9-11-16(12-10-15)20(21,22)23/h9-12,17H,7-8,13-14H2,1-6H3. The lowest BCUT2D eigenvalue weighted by atomic mass is 9.87. The van der Waals surface area contributed by atoms with Crippen LogP contribution in [-0.2, 0) is 15.7 Å². The fourth-order valence-electron chi connectivity index (χ4n) is 2.02. The molecule has 0 radical (unpaired) electrons. The van der Waals surface area contributed by atoms with Crippen LogP contribution < -0.4 is 0 Å². The first-order valence-electron chi connectivity index (χ1n) is 8.87. The third-order valence-electron chi connectivity index (χ3n) is 4.79. The maximum absolute atomic E-state index is 12.8. The predicted octanol–water partition coefficient (Wildman–Crippen LogP) is 6.75. The Morgan fingerprint density at radius 3 is 1.92 bits per heavy atom. The van der Waals surface area contributed by atoms with E-state index < -0.39 is 23.6 Å². The second kappa shape index (κ2) is 8.54. The molecule has 0 aromatic heterocycles. The van der Waals surface area contributed by atoms with Gasteiger partial charge < -0.3 is 9.47 Å². The van der Waals surface area contributed by atoms with E-state index in [4.69, 9.17) is 9.47 Å². The number of halogens is 3. The highest BCUT2D eigenvalue weighted by molar-refractivity contribution is 5.25. The van der Waals surface area contributed by atoms with Crippen LogP contribution in [0.4, 0.5) is 13.2 Å². The minimum absolute atomic E-state index is 0.158. The van der Waals surface area contributed by atoms with Crippen molar-refractivity contribution in [2.45, 2.75) is 78.9 Å². The van der Waals surface area contributed by atoms with E-state index in [2.05, 4.69) is 20.8 Å². The maximum atomic E-state index is 12.8. The number of hydrogen-bond donors (Lipinski definition) is 0. The Labute approximate surface area is 149 Å². The molecule has 0 aliphatic heterocycles. The van der Waals surface area contributed by atoms with Crippen LogP contribution in [0, 0.1) is 5.41 Å². The van der Waals surface area contributed by atoms with Gasteiger partial charge in [-0.25, -0.2) is 0 Å². The van der Waals surface area contributed by atoms with E-state index >= 15 is 0 Å². The van der Waals surface area contributed by atoms with Crippen molar-refractivity contribution in [2.75, 3.05) is 6.61 Å². The molecule has 1 unspecified atom stereocenters. The summed E-state index contributed by atoms with van der Waals surface area (Å²) in [5.41, 5.74) is -0.334. The highest BCUT2D eigenvalue weighted by atomic mass is 19.4. The van der Waals surface area contributed by atoms with Crippen LogP contribution in [0.3, 0.4) is 0 Å². The van der Waals surface area contributed by atoms with Gasteiger partial charge >= 0.3 is 6.18 Å². The first kappa shape index (κ1) is 22.0. The van der Waals surface area contributed by atoms with Crippen molar-refractivity contribution in [3.63, 3.8) is 0 Å². The van der Waals surface area contributed by atoms with Crippen molar-refractivity contribution < 1.29 is 22.6 Å². The van der Waals surface area contributed by atoms with Gasteiger partial charge in [0.2, 0.25) is 0 Å². The lowest BCUT2D eigenvalue weighted by Gasteiger charge is -2.31. The SMILES string of the molecule is CCC(C)(C)CCOC(OC(C)(C)CC)c1ccc(C(F)(F)F)cc1. The Morgan fingerprint density at radius 2 is 1.48 bits per heavy atom. The van der Waals surface area contributed by atoms with Gasteiger partial charge in [-0.3, -0.25) is 0 Å². The van der Waals surface area contributed by atoms with Gasteiger partial charge in [0.15, 0.2) is 6.29 Å². The molecule has 0 saturated heterocycles. The fourth-order valence-corrected chi connectivity index (χ4v) is 2.02. The van der Waals surface area contributed by atoms with Gasteiger partial charge in [-0.1, -0.05) is 46.2 Å². The lowest BCUT2D eigenvalue weighted by Crippen LogP contribution is -2.28. The van der Waals surface area contributed by atoms with E-state index in [1.807, 2.05) is 20.8 Å². The summed E-state index contributed by atoms with van der Waals surface area (Å²) in [6, 6.07) is 5.02. The molecule has 0 N–H and O–H groups in total. The van der Waals surface area contributed by atoms with Gasteiger partial charge in [-0.05, 0) is 44.2 Å². The van der Waals surface area contributed by atoms with Crippen molar-refractivity contribution in [2.24, 2.45) is 5.41 Å². The minimum atomic E-state index is -4.34. The summed E-state index contributed by atoms with van der Waals surface area (Å²) >= 11 is 0. The van der Waals surface area contributed by atoms with Gasteiger partial charge in [-0.15, -0.1) is 0 Å². The van der Waals surface area contributed by atoms with E-state index in [-0.39, 0.29) is 5.41 Å². The summed E-state index contributed by atoms with van der Waals surface area (Å²) in [5, 5.41) is 0. The molecule has 2 nitrogen and oxygen atoms in total. The Kier molecular flexibility index (Phi) is 7.51. The van der Waals surface area contributed by atoms with E-state index in [1.54, 1.807) is 0 Å². The Hall–Kier alpha value is -1.07. The van der Waals surface area contributed by atoms with E-state index in [0.717, 1.165) is 31.4 Å². The van der Waals surface area contributed by atoms with E-state index in [1.165, 1.54) is 12.1 Å². The van der Waals surface area contributed by atoms with Crippen LogP contribution >= 0.6 is 0 Å². The molecule has 0 heterocycles. The van der Waals surface area contributed by atoms with Crippen molar-refractivity contribution in [1.29, 1.82) is 0 Å². The number of hydrogen-bond acceptors (Lipinski definition) is 2. The normalized spacial score (nSPS) is 14.6. The number of alkyl halides is 3. The maximum Gasteiger partial charge on any atom is 0.416 e. The number of ether oxygens (including phenoxy) is 2. The van der Waals surface area contributed by atoms with Crippen LogP contribution in [-0.4, -0.2) is 12.2 Å². The second-order valence-corrected chi connectivity index (χ2v) is 7.82. The summed E-state index contributed by atoms with van der Waals surface area (Å²) in [4.78, 5) is 0. The summed E-state index contributed by atoms with van der Waals surface area (Å²) in [5.74, 6) is 0. The van der Waals surface area contributed by atoms with Gasteiger partial charge in [0.05, 0.1) is 17.8 Å².